The molecule has 1 saturated heterocycles. The summed E-state index contributed by atoms with van der Waals surface area (Å²) in [5.41, 5.74) is -4.80. The summed E-state index contributed by atoms with van der Waals surface area (Å²) in [4.78, 5) is 39.8. The SMILES string of the molecule is CC(=O)O[C@@H]1C(=O)[C@]2(C)[C@@H](O)C[C@@H]3OC[C@@]3(OC(C)=O)[C@@H]2[C@H](OCc2ccccc2)[C@]2(O)C[C@H](O)C(C)=C1C2(C)C. The lowest BCUT2D eigenvalue weighted by Crippen LogP contribution is -2.81. The number of carbonyl (C=O) groups is 3. The van der Waals surface area contributed by atoms with Gasteiger partial charge in [-0.05, 0) is 30.6 Å². The summed E-state index contributed by atoms with van der Waals surface area (Å²) in [6.45, 7) is 9.06. The van der Waals surface area contributed by atoms with Gasteiger partial charge in [-0.25, -0.2) is 0 Å². The molecule has 5 rings (SSSR count). The first-order chi connectivity index (χ1) is 19.1. The largest absolute Gasteiger partial charge is 0.454 e. The van der Waals surface area contributed by atoms with Gasteiger partial charge in [-0.1, -0.05) is 44.2 Å². The van der Waals surface area contributed by atoms with Gasteiger partial charge in [0.25, 0.3) is 0 Å². The topological polar surface area (TPSA) is 149 Å². The monoisotopic (exact) mass is 572 g/mol. The molecule has 1 aliphatic heterocycles. The van der Waals surface area contributed by atoms with Gasteiger partial charge in [0.05, 0.1) is 36.9 Å². The van der Waals surface area contributed by atoms with Crippen LogP contribution in [0, 0.1) is 16.7 Å². The summed E-state index contributed by atoms with van der Waals surface area (Å²) in [5, 5.41) is 35.9. The van der Waals surface area contributed by atoms with Crippen molar-refractivity contribution in [3.05, 3.63) is 47.0 Å². The lowest BCUT2D eigenvalue weighted by molar-refractivity contribution is -0.351. The summed E-state index contributed by atoms with van der Waals surface area (Å²) < 4.78 is 24.1. The van der Waals surface area contributed by atoms with E-state index in [1.807, 2.05) is 30.3 Å². The van der Waals surface area contributed by atoms with Crippen LogP contribution in [0.3, 0.4) is 0 Å². The number of ketones is 1. The van der Waals surface area contributed by atoms with E-state index in [0.29, 0.717) is 5.57 Å². The van der Waals surface area contributed by atoms with E-state index in [2.05, 4.69) is 0 Å². The molecule has 0 radical (unpaired) electrons. The van der Waals surface area contributed by atoms with E-state index in [0.717, 1.165) is 5.56 Å². The average molecular weight is 573 g/mol. The van der Waals surface area contributed by atoms with Crippen LogP contribution in [-0.4, -0.2) is 81.4 Å². The second kappa shape index (κ2) is 9.98. The van der Waals surface area contributed by atoms with Crippen LogP contribution in [0.25, 0.3) is 0 Å². The van der Waals surface area contributed by atoms with Gasteiger partial charge in [-0.3, -0.25) is 14.4 Å². The predicted molar refractivity (Wildman–Crippen MR) is 144 cm³/mol. The van der Waals surface area contributed by atoms with Crippen molar-refractivity contribution in [2.45, 2.75) is 103 Å². The highest BCUT2D eigenvalue weighted by molar-refractivity contribution is 5.95. The number of hydrogen-bond acceptors (Lipinski definition) is 10. The molecule has 2 saturated carbocycles. The zero-order valence-electron chi connectivity index (χ0n) is 24.4. The molecule has 0 amide bonds. The number of Topliss-reactive ketones (excluding diaryl/α,β-unsaturated/α-hetero) is 1. The Labute approximate surface area is 239 Å². The molecule has 2 bridgehead atoms. The number of esters is 2. The van der Waals surface area contributed by atoms with Gasteiger partial charge in [0.2, 0.25) is 0 Å². The van der Waals surface area contributed by atoms with E-state index in [4.69, 9.17) is 18.9 Å². The molecule has 4 aliphatic rings. The van der Waals surface area contributed by atoms with Crippen LogP contribution in [0.1, 0.15) is 59.9 Å². The molecule has 41 heavy (non-hydrogen) atoms. The lowest BCUT2D eigenvalue weighted by Gasteiger charge is -2.67. The van der Waals surface area contributed by atoms with Gasteiger partial charge < -0.3 is 34.3 Å². The zero-order chi connectivity index (χ0) is 30.1. The van der Waals surface area contributed by atoms with Gasteiger partial charge in [-0.2, -0.15) is 0 Å². The second-order valence-electron chi connectivity index (χ2n) is 12.8. The molecule has 224 valence electrons. The molecule has 3 fully saturated rings. The van der Waals surface area contributed by atoms with Crippen LogP contribution >= 0.6 is 0 Å². The highest BCUT2D eigenvalue weighted by atomic mass is 16.6. The van der Waals surface area contributed by atoms with Crippen molar-refractivity contribution < 1.29 is 48.7 Å². The van der Waals surface area contributed by atoms with Crippen LogP contribution < -0.4 is 0 Å². The van der Waals surface area contributed by atoms with Gasteiger partial charge in [-0.15, -0.1) is 0 Å². The molecule has 1 aromatic rings. The van der Waals surface area contributed by atoms with Crippen molar-refractivity contribution in [2.24, 2.45) is 16.7 Å². The van der Waals surface area contributed by atoms with Crippen molar-refractivity contribution in [1.82, 2.24) is 0 Å². The standard InChI is InChI=1S/C31H40O10/c1-16-20(34)13-31(37)27(38-14-19-10-8-7-9-11-19)25-29(6,21(35)12-22-30(25,15-39-22)41-18(3)33)26(36)24(40-17(2)32)23(16)28(31,4)5/h7-11,20-22,24-25,27,34-35,37H,12-15H2,1-6H3/t20-,21-,22-,24-,25+,27-,29+,30-,31+/m0/s1. The quantitative estimate of drug-likeness (QED) is 0.353. The molecule has 3 N–H and O–H groups in total. The molecule has 9 atom stereocenters. The van der Waals surface area contributed by atoms with Crippen molar-refractivity contribution >= 4 is 17.7 Å². The van der Waals surface area contributed by atoms with E-state index in [1.165, 1.54) is 13.8 Å². The Morgan fingerprint density at radius 1 is 1.07 bits per heavy atom. The first-order valence-corrected chi connectivity index (χ1v) is 14.1. The number of ether oxygens (including phenoxy) is 4. The fraction of sp³-hybridized carbons (Fsp3) is 0.645. The fourth-order valence-electron chi connectivity index (χ4n) is 7.98. The third-order valence-corrected chi connectivity index (χ3v) is 10.2. The highest BCUT2D eigenvalue weighted by Gasteiger charge is 2.77. The first kappa shape index (κ1) is 29.8. The summed E-state index contributed by atoms with van der Waals surface area (Å²) in [6.07, 6.45) is -6.19. The Morgan fingerprint density at radius 2 is 1.73 bits per heavy atom. The number of rotatable bonds is 5. The highest BCUT2D eigenvalue weighted by Crippen LogP contribution is 2.64. The summed E-state index contributed by atoms with van der Waals surface area (Å²) in [5.74, 6) is -3.09. The lowest BCUT2D eigenvalue weighted by atomic mass is 9.44. The molecule has 3 aliphatic carbocycles. The minimum absolute atomic E-state index is 0.0211. The van der Waals surface area contributed by atoms with Crippen LogP contribution in [-0.2, 0) is 39.9 Å². The molecular formula is C31H40O10. The van der Waals surface area contributed by atoms with Crippen molar-refractivity contribution in [3.63, 3.8) is 0 Å². The average Bonchev–Trinajstić information content (AvgIpc) is 2.88. The number of hydrogen-bond donors (Lipinski definition) is 3. The smallest absolute Gasteiger partial charge is 0.303 e. The van der Waals surface area contributed by atoms with Crippen LogP contribution in [0.5, 0.6) is 0 Å². The Balaban J connectivity index is 1.81. The third-order valence-electron chi connectivity index (χ3n) is 10.2. The van der Waals surface area contributed by atoms with Gasteiger partial charge in [0.15, 0.2) is 17.5 Å². The van der Waals surface area contributed by atoms with Crippen LogP contribution in [0.2, 0.25) is 0 Å². The summed E-state index contributed by atoms with van der Waals surface area (Å²) in [7, 11) is 0. The first-order valence-electron chi connectivity index (χ1n) is 14.1. The Bertz CT molecular complexity index is 1270. The maximum absolute atomic E-state index is 14.8. The summed E-state index contributed by atoms with van der Waals surface area (Å²) in [6, 6.07) is 9.28. The number of aliphatic hydroxyl groups is 3. The molecule has 0 aromatic heterocycles. The fourth-order valence-corrected chi connectivity index (χ4v) is 7.98. The zero-order valence-corrected chi connectivity index (χ0v) is 24.4. The van der Waals surface area contributed by atoms with E-state index in [9.17, 15) is 29.7 Å². The summed E-state index contributed by atoms with van der Waals surface area (Å²) >= 11 is 0. The molecule has 10 heteroatoms. The van der Waals surface area contributed by atoms with Crippen molar-refractivity contribution in [3.8, 4) is 0 Å². The number of fused-ring (bicyclic) bond motifs is 5. The molecule has 0 unspecified atom stereocenters. The van der Waals surface area contributed by atoms with E-state index >= 15 is 0 Å². The van der Waals surface area contributed by atoms with E-state index in [-0.39, 0.29) is 31.6 Å². The van der Waals surface area contributed by atoms with Crippen LogP contribution in [0.4, 0.5) is 0 Å². The van der Waals surface area contributed by atoms with Gasteiger partial charge in [0.1, 0.15) is 11.7 Å². The second-order valence-corrected chi connectivity index (χ2v) is 12.8. The number of carbonyl (C=O) groups excluding carboxylic acids is 3. The molecule has 0 spiro atoms. The molecule has 10 nitrogen and oxygen atoms in total. The van der Waals surface area contributed by atoms with Gasteiger partial charge >= 0.3 is 11.9 Å². The minimum Gasteiger partial charge on any atom is -0.454 e. The number of benzene rings is 1. The normalized spacial score (nSPS) is 41.2. The Hall–Kier alpha value is -2.63. The van der Waals surface area contributed by atoms with Gasteiger partial charge in [0, 0.05) is 38.0 Å². The van der Waals surface area contributed by atoms with Crippen LogP contribution in [0.15, 0.2) is 41.5 Å². The van der Waals surface area contributed by atoms with Crippen molar-refractivity contribution in [1.29, 1.82) is 0 Å². The van der Waals surface area contributed by atoms with E-state index < -0.39 is 76.2 Å². The predicted octanol–water partition coefficient (Wildman–Crippen LogP) is 2.01. The van der Waals surface area contributed by atoms with Crippen molar-refractivity contribution in [2.75, 3.05) is 6.61 Å². The Morgan fingerprint density at radius 3 is 2.29 bits per heavy atom. The molecule has 1 aromatic carbocycles. The minimum atomic E-state index is -1.87. The van der Waals surface area contributed by atoms with E-state index in [1.54, 1.807) is 27.7 Å². The maximum atomic E-state index is 14.8. The molecule has 1 heterocycles. The third kappa shape index (κ3) is 4.21. The molecular weight excluding hydrogens is 532 g/mol. The Kier molecular flexibility index (Phi) is 7.27. The number of aliphatic hydroxyl groups excluding tert-OH is 2. The maximum Gasteiger partial charge on any atom is 0.303 e.